The molecule has 1 fully saturated rings. The van der Waals surface area contributed by atoms with Crippen LogP contribution in [-0.4, -0.2) is 29.7 Å². The highest BCUT2D eigenvalue weighted by atomic mass is 19.2. The number of aliphatic hydroxyl groups excluding tert-OH is 1. The number of piperidine rings is 1. The van der Waals surface area contributed by atoms with Gasteiger partial charge >= 0.3 is 0 Å². The van der Waals surface area contributed by atoms with Crippen molar-refractivity contribution in [1.82, 2.24) is 4.90 Å². The molecule has 1 aromatic carbocycles. The van der Waals surface area contributed by atoms with Crippen molar-refractivity contribution in [2.75, 3.05) is 19.7 Å². The Morgan fingerprint density at radius 2 is 1.89 bits per heavy atom. The van der Waals surface area contributed by atoms with Crippen molar-refractivity contribution in [3.63, 3.8) is 0 Å². The third kappa shape index (κ3) is 3.28. The largest absolute Gasteiger partial charge is 0.396 e. The summed E-state index contributed by atoms with van der Waals surface area (Å²) < 4.78 is 39.1. The molecule has 2 rings (SSSR count). The Kier molecular flexibility index (Phi) is 4.16. The minimum Gasteiger partial charge on any atom is -0.396 e. The zero-order valence-electron chi connectivity index (χ0n) is 10.9. The minimum absolute atomic E-state index is 0.0929. The normalized spacial score (nSPS) is 24.7. The standard InChI is InChI=1S/C14H18F3NO/c1-14(9-19)3-2-4-18(8-14)7-10-5-11(15)13(17)12(16)6-10/h5-6,19H,2-4,7-9H2,1H3/t14-/m1/s1. The van der Waals surface area contributed by atoms with Crippen molar-refractivity contribution in [1.29, 1.82) is 0 Å². The van der Waals surface area contributed by atoms with Gasteiger partial charge in [-0.3, -0.25) is 4.90 Å². The molecular formula is C14H18F3NO. The topological polar surface area (TPSA) is 23.5 Å². The van der Waals surface area contributed by atoms with E-state index in [2.05, 4.69) is 0 Å². The van der Waals surface area contributed by atoms with Crippen LogP contribution in [0.5, 0.6) is 0 Å². The van der Waals surface area contributed by atoms with Crippen molar-refractivity contribution in [3.05, 3.63) is 35.1 Å². The second-order valence-electron chi connectivity index (χ2n) is 5.66. The molecule has 1 aliphatic heterocycles. The lowest BCUT2D eigenvalue weighted by Crippen LogP contribution is -2.43. The van der Waals surface area contributed by atoms with Crippen LogP contribution < -0.4 is 0 Å². The van der Waals surface area contributed by atoms with E-state index >= 15 is 0 Å². The molecule has 1 heterocycles. The van der Waals surface area contributed by atoms with Crippen LogP contribution in [0.25, 0.3) is 0 Å². The molecule has 1 aliphatic rings. The number of nitrogens with zero attached hydrogens (tertiary/aromatic N) is 1. The number of aliphatic hydroxyl groups is 1. The predicted molar refractivity (Wildman–Crippen MR) is 66.0 cm³/mol. The Balaban J connectivity index is 2.09. The van der Waals surface area contributed by atoms with Gasteiger partial charge in [-0.1, -0.05) is 6.92 Å². The number of hydrogen-bond acceptors (Lipinski definition) is 2. The van der Waals surface area contributed by atoms with E-state index in [1.165, 1.54) is 0 Å². The van der Waals surface area contributed by atoms with Crippen molar-refractivity contribution < 1.29 is 18.3 Å². The van der Waals surface area contributed by atoms with Gasteiger partial charge in [0.05, 0.1) is 0 Å². The summed E-state index contributed by atoms with van der Waals surface area (Å²) >= 11 is 0. The van der Waals surface area contributed by atoms with E-state index in [1.807, 2.05) is 11.8 Å². The molecule has 1 N–H and O–H groups in total. The van der Waals surface area contributed by atoms with E-state index in [0.717, 1.165) is 31.5 Å². The monoisotopic (exact) mass is 273 g/mol. The molecule has 1 atom stereocenters. The van der Waals surface area contributed by atoms with Crippen LogP contribution in [0.3, 0.4) is 0 Å². The molecule has 5 heteroatoms. The van der Waals surface area contributed by atoms with Gasteiger partial charge < -0.3 is 5.11 Å². The number of hydrogen-bond donors (Lipinski definition) is 1. The molecular weight excluding hydrogens is 255 g/mol. The fourth-order valence-electron chi connectivity index (χ4n) is 2.65. The summed E-state index contributed by atoms with van der Waals surface area (Å²) in [6.45, 7) is 3.94. The van der Waals surface area contributed by atoms with Crippen molar-refractivity contribution in [3.8, 4) is 0 Å². The van der Waals surface area contributed by atoms with Gasteiger partial charge in [-0.25, -0.2) is 13.2 Å². The van der Waals surface area contributed by atoms with Crippen LogP contribution in [0.15, 0.2) is 12.1 Å². The highest BCUT2D eigenvalue weighted by molar-refractivity contribution is 5.19. The zero-order valence-corrected chi connectivity index (χ0v) is 10.9. The molecule has 0 unspecified atom stereocenters. The van der Waals surface area contributed by atoms with Gasteiger partial charge in [0.1, 0.15) is 0 Å². The van der Waals surface area contributed by atoms with Gasteiger partial charge in [0, 0.05) is 25.1 Å². The van der Waals surface area contributed by atoms with E-state index in [0.29, 0.717) is 18.7 Å². The lowest BCUT2D eigenvalue weighted by molar-refractivity contribution is 0.0428. The highest BCUT2D eigenvalue weighted by Gasteiger charge is 2.30. The van der Waals surface area contributed by atoms with Crippen LogP contribution in [0.1, 0.15) is 25.3 Å². The minimum atomic E-state index is -1.43. The lowest BCUT2D eigenvalue weighted by Gasteiger charge is -2.39. The van der Waals surface area contributed by atoms with E-state index in [9.17, 15) is 18.3 Å². The Hall–Kier alpha value is -1.07. The molecule has 1 aromatic rings. The average Bonchev–Trinajstić information content (AvgIpc) is 2.36. The van der Waals surface area contributed by atoms with Gasteiger partial charge in [-0.15, -0.1) is 0 Å². The van der Waals surface area contributed by atoms with Gasteiger partial charge in [-0.05, 0) is 37.1 Å². The summed E-state index contributed by atoms with van der Waals surface area (Å²) in [5.74, 6) is -3.74. The molecule has 0 bridgehead atoms. The summed E-state index contributed by atoms with van der Waals surface area (Å²) in [6, 6.07) is 2.06. The molecule has 0 amide bonds. The Bertz CT molecular complexity index is 443. The number of likely N-dealkylation sites (tertiary alicyclic amines) is 1. The maximum Gasteiger partial charge on any atom is 0.194 e. The highest BCUT2D eigenvalue weighted by Crippen LogP contribution is 2.29. The summed E-state index contributed by atoms with van der Waals surface area (Å²) in [4.78, 5) is 2.03. The summed E-state index contributed by atoms with van der Waals surface area (Å²) in [5.41, 5.74) is 0.244. The maximum atomic E-state index is 13.1. The fraction of sp³-hybridized carbons (Fsp3) is 0.571. The van der Waals surface area contributed by atoms with Crippen LogP contribution in [0.4, 0.5) is 13.2 Å². The quantitative estimate of drug-likeness (QED) is 0.856. The van der Waals surface area contributed by atoms with Crippen LogP contribution in [0, 0.1) is 22.9 Å². The molecule has 19 heavy (non-hydrogen) atoms. The first-order chi connectivity index (χ1) is 8.93. The third-order valence-electron chi connectivity index (χ3n) is 3.69. The van der Waals surface area contributed by atoms with Crippen LogP contribution in [-0.2, 0) is 6.54 Å². The first-order valence-corrected chi connectivity index (χ1v) is 6.40. The second kappa shape index (κ2) is 5.51. The Morgan fingerprint density at radius 1 is 1.26 bits per heavy atom. The van der Waals surface area contributed by atoms with E-state index in [1.54, 1.807) is 0 Å². The molecule has 0 radical (unpaired) electrons. The molecule has 0 spiro atoms. The van der Waals surface area contributed by atoms with Gasteiger partial charge in [0.15, 0.2) is 17.5 Å². The fourth-order valence-corrected chi connectivity index (χ4v) is 2.65. The molecule has 1 saturated heterocycles. The number of benzene rings is 1. The Labute approximate surface area is 110 Å². The predicted octanol–water partition coefficient (Wildman–Crippen LogP) is 2.70. The van der Waals surface area contributed by atoms with Crippen molar-refractivity contribution in [2.24, 2.45) is 5.41 Å². The Morgan fingerprint density at radius 3 is 2.47 bits per heavy atom. The first kappa shape index (κ1) is 14.3. The van der Waals surface area contributed by atoms with E-state index in [-0.39, 0.29) is 12.0 Å². The van der Waals surface area contributed by atoms with Gasteiger partial charge in [0.2, 0.25) is 0 Å². The van der Waals surface area contributed by atoms with E-state index < -0.39 is 17.5 Å². The number of halogens is 3. The summed E-state index contributed by atoms with van der Waals surface area (Å²) in [7, 11) is 0. The summed E-state index contributed by atoms with van der Waals surface area (Å²) in [5, 5.41) is 9.36. The summed E-state index contributed by atoms with van der Waals surface area (Å²) in [6.07, 6.45) is 1.87. The average molecular weight is 273 g/mol. The zero-order chi connectivity index (χ0) is 14.0. The molecule has 0 aliphatic carbocycles. The van der Waals surface area contributed by atoms with Gasteiger partial charge in [0.25, 0.3) is 0 Å². The molecule has 0 aromatic heterocycles. The third-order valence-corrected chi connectivity index (χ3v) is 3.69. The molecule has 106 valence electrons. The number of rotatable bonds is 3. The SMILES string of the molecule is C[C@@]1(CO)CCCN(Cc2cc(F)c(F)c(F)c2)C1. The smallest absolute Gasteiger partial charge is 0.194 e. The van der Waals surface area contributed by atoms with Crippen molar-refractivity contribution in [2.45, 2.75) is 26.3 Å². The molecule has 2 nitrogen and oxygen atoms in total. The van der Waals surface area contributed by atoms with Crippen LogP contribution >= 0.6 is 0 Å². The molecule has 0 saturated carbocycles. The van der Waals surface area contributed by atoms with E-state index in [4.69, 9.17) is 0 Å². The first-order valence-electron chi connectivity index (χ1n) is 6.40. The van der Waals surface area contributed by atoms with Crippen LogP contribution in [0.2, 0.25) is 0 Å². The lowest BCUT2D eigenvalue weighted by atomic mass is 9.82. The maximum absolute atomic E-state index is 13.1. The second-order valence-corrected chi connectivity index (χ2v) is 5.66. The van der Waals surface area contributed by atoms with Crippen molar-refractivity contribution >= 4 is 0 Å². The van der Waals surface area contributed by atoms with Gasteiger partial charge in [-0.2, -0.15) is 0 Å².